The van der Waals surface area contributed by atoms with Gasteiger partial charge in [0, 0.05) is 18.5 Å². The summed E-state index contributed by atoms with van der Waals surface area (Å²) in [7, 11) is 2.26. The van der Waals surface area contributed by atoms with Gasteiger partial charge >= 0.3 is 0 Å². The lowest BCUT2D eigenvalue weighted by Gasteiger charge is -2.39. The molecule has 1 heterocycles. The molecule has 0 radical (unpaired) electrons. The highest BCUT2D eigenvalue weighted by Crippen LogP contribution is 2.63. The molecule has 0 aromatic heterocycles. The molecule has 20 heavy (non-hydrogen) atoms. The first-order valence-electron chi connectivity index (χ1n) is 7.25. The molecule has 1 aromatic carbocycles. The molecule has 1 aliphatic heterocycles. The quantitative estimate of drug-likeness (QED) is 0.724. The van der Waals surface area contributed by atoms with Gasteiger partial charge in [-0.25, -0.2) is 0 Å². The Morgan fingerprint density at radius 2 is 2.00 bits per heavy atom. The molecule has 3 aliphatic rings. The Morgan fingerprint density at radius 1 is 1.20 bits per heavy atom. The van der Waals surface area contributed by atoms with Gasteiger partial charge in [-0.3, -0.25) is 0 Å². The van der Waals surface area contributed by atoms with E-state index in [1.54, 1.807) is 0 Å². The fourth-order valence-corrected chi connectivity index (χ4v) is 5.60. The molecule has 1 nitrogen and oxygen atoms in total. The molecule has 110 valence electrons. The van der Waals surface area contributed by atoms with Crippen LogP contribution in [0.5, 0.6) is 0 Å². The summed E-state index contributed by atoms with van der Waals surface area (Å²) in [6, 6.07) is 6.34. The Bertz CT molecular complexity index is 532. The van der Waals surface area contributed by atoms with Crippen molar-refractivity contribution in [2.45, 2.75) is 24.7 Å². The normalized spacial score (nSPS) is 38.9. The maximum atomic E-state index is 6.27. The summed E-state index contributed by atoms with van der Waals surface area (Å²) < 4.78 is 0. The van der Waals surface area contributed by atoms with Crippen molar-refractivity contribution in [1.29, 1.82) is 0 Å². The predicted octanol–water partition coefficient (Wildman–Crippen LogP) is 4.64. The molecular formula is C16H20Cl3N. The fraction of sp³-hybridized carbons (Fsp3) is 0.625. The third kappa shape index (κ3) is 1.86. The summed E-state index contributed by atoms with van der Waals surface area (Å²) in [6.07, 6.45) is 4.26. The topological polar surface area (TPSA) is 3.24 Å². The lowest BCUT2D eigenvalue weighted by molar-refractivity contribution is 0.223. The van der Waals surface area contributed by atoms with E-state index < -0.39 is 0 Å². The molecule has 3 fully saturated rings. The van der Waals surface area contributed by atoms with E-state index >= 15 is 0 Å². The van der Waals surface area contributed by atoms with Crippen molar-refractivity contribution in [2.24, 2.45) is 17.8 Å². The Labute approximate surface area is 137 Å². The van der Waals surface area contributed by atoms with Crippen molar-refractivity contribution in [1.82, 2.24) is 4.90 Å². The van der Waals surface area contributed by atoms with E-state index in [-0.39, 0.29) is 12.4 Å². The van der Waals surface area contributed by atoms with Crippen LogP contribution < -0.4 is 0 Å². The lowest BCUT2D eigenvalue weighted by atomic mass is 9.64. The number of nitrogens with zero attached hydrogens (tertiary/aromatic N) is 1. The number of likely N-dealkylation sites (tertiary alicyclic amines) is 1. The van der Waals surface area contributed by atoms with Crippen LogP contribution in [0.4, 0.5) is 0 Å². The van der Waals surface area contributed by atoms with Crippen molar-refractivity contribution >= 4 is 35.6 Å². The second-order valence-corrected chi connectivity index (χ2v) is 7.56. The van der Waals surface area contributed by atoms with Gasteiger partial charge in [-0.05, 0) is 61.8 Å². The van der Waals surface area contributed by atoms with Crippen LogP contribution in [-0.2, 0) is 5.41 Å². The van der Waals surface area contributed by atoms with Crippen LogP contribution in [0.2, 0.25) is 10.0 Å². The minimum Gasteiger partial charge on any atom is -0.305 e. The largest absolute Gasteiger partial charge is 0.305 e. The van der Waals surface area contributed by atoms with E-state index in [9.17, 15) is 0 Å². The molecule has 0 spiro atoms. The zero-order valence-corrected chi connectivity index (χ0v) is 13.9. The van der Waals surface area contributed by atoms with Crippen molar-refractivity contribution in [3.05, 3.63) is 33.8 Å². The molecule has 0 amide bonds. The molecule has 2 saturated carbocycles. The van der Waals surface area contributed by atoms with Crippen LogP contribution in [0, 0.1) is 17.8 Å². The van der Waals surface area contributed by atoms with Crippen LogP contribution in [0.3, 0.4) is 0 Å². The Morgan fingerprint density at radius 3 is 2.75 bits per heavy atom. The highest BCUT2D eigenvalue weighted by molar-refractivity contribution is 6.42. The zero-order chi connectivity index (χ0) is 13.2. The third-order valence-electron chi connectivity index (χ3n) is 5.93. The minimum absolute atomic E-state index is 0. The van der Waals surface area contributed by atoms with Gasteiger partial charge in [0.2, 0.25) is 0 Å². The number of benzene rings is 1. The zero-order valence-electron chi connectivity index (χ0n) is 11.6. The summed E-state index contributed by atoms with van der Waals surface area (Å²) in [4.78, 5) is 2.51. The Balaban J connectivity index is 0.00000121. The highest BCUT2D eigenvalue weighted by Gasteiger charge is 2.61. The van der Waals surface area contributed by atoms with Gasteiger partial charge in [0.25, 0.3) is 0 Å². The van der Waals surface area contributed by atoms with Crippen LogP contribution in [0.1, 0.15) is 24.8 Å². The molecule has 4 unspecified atom stereocenters. The molecule has 1 saturated heterocycles. The smallest absolute Gasteiger partial charge is 0.0595 e. The average Bonchev–Trinajstić information content (AvgIpc) is 3.02. The van der Waals surface area contributed by atoms with E-state index in [4.69, 9.17) is 23.2 Å². The maximum Gasteiger partial charge on any atom is 0.0595 e. The third-order valence-corrected chi connectivity index (χ3v) is 6.67. The molecule has 4 heteroatoms. The molecule has 1 aromatic rings. The van der Waals surface area contributed by atoms with E-state index in [1.165, 1.54) is 37.9 Å². The molecule has 4 atom stereocenters. The van der Waals surface area contributed by atoms with Crippen LogP contribution in [0.15, 0.2) is 18.2 Å². The maximum absolute atomic E-state index is 6.27. The minimum atomic E-state index is 0. The van der Waals surface area contributed by atoms with E-state index in [2.05, 4.69) is 24.1 Å². The Kier molecular flexibility index (Phi) is 3.78. The number of halogens is 3. The number of likely N-dealkylation sites (N-methyl/N-ethyl adjacent to an activating group) is 1. The van der Waals surface area contributed by atoms with Crippen LogP contribution in [0.25, 0.3) is 0 Å². The van der Waals surface area contributed by atoms with Crippen molar-refractivity contribution in [3.63, 3.8) is 0 Å². The number of hydrogen-bond donors (Lipinski definition) is 0. The number of hydrogen-bond acceptors (Lipinski definition) is 1. The van der Waals surface area contributed by atoms with Crippen LogP contribution in [-0.4, -0.2) is 25.0 Å². The van der Waals surface area contributed by atoms with Crippen molar-refractivity contribution in [2.75, 3.05) is 20.1 Å². The number of rotatable bonds is 1. The first-order valence-corrected chi connectivity index (χ1v) is 8.01. The van der Waals surface area contributed by atoms with Gasteiger partial charge < -0.3 is 4.90 Å². The van der Waals surface area contributed by atoms with Crippen LogP contribution >= 0.6 is 35.6 Å². The summed E-state index contributed by atoms with van der Waals surface area (Å²) in [5.74, 6) is 2.61. The summed E-state index contributed by atoms with van der Waals surface area (Å²) in [5, 5.41) is 1.39. The predicted molar refractivity (Wildman–Crippen MR) is 87.2 cm³/mol. The van der Waals surface area contributed by atoms with E-state index in [0.29, 0.717) is 15.5 Å². The fourth-order valence-electron chi connectivity index (χ4n) is 5.31. The van der Waals surface area contributed by atoms with Gasteiger partial charge in [-0.1, -0.05) is 29.3 Å². The standard InChI is InChI=1S/C16H19Cl2N.ClH/c1-19-8-13-10-2-3-11(6-10)16(13,9-19)12-4-5-14(17)15(18)7-12;/h4-5,7,10-11,13H,2-3,6,8-9H2,1H3;1H. The van der Waals surface area contributed by atoms with Crippen molar-refractivity contribution < 1.29 is 0 Å². The molecular weight excluding hydrogens is 313 g/mol. The first-order chi connectivity index (χ1) is 9.11. The lowest BCUT2D eigenvalue weighted by Crippen LogP contribution is -2.40. The summed E-state index contributed by atoms with van der Waals surface area (Å²) in [5.41, 5.74) is 1.79. The molecule has 4 rings (SSSR count). The summed E-state index contributed by atoms with van der Waals surface area (Å²) in [6.45, 7) is 2.44. The van der Waals surface area contributed by atoms with Gasteiger partial charge in [0.15, 0.2) is 0 Å². The second-order valence-electron chi connectivity index (χ2n) is 6.74. The average molecular weight is 333 g/mol. The second kappa shape index (κ2) is 5.05. The first kappa shape index (κ1) is 15.0. The van der Waals surface area contributed by atoms with Gasteiger partial charge in [-0.2, -0.15) is 0 Å². The molecule has 2 bridgehead atoms. The van der Waals surface area contributed by atoms with Gasteiger partial charge in [0.1, 0.15) is 0 Å². The SMILES string of the molecule is CN1CC2C3CCC(C3)C2(c2ccc(Cl)c(Cl)c2)C1.Cl. The van der Waals surface area contributed by atoms with Gasteiger partial charge in [0.05, 0.1) is 10.0 Å². The Hall–Kier alpha value is 0.0500. The molecule has 2 aliphatic carbocycles. The monoisotopic (exact) mass is 331 g/mol. The summed E-state index contributed by atoms with van der Waals surface area (Å²) >= 11 is 12.4. The van der Waals surface area contributed by atoms with E-state index in [0.717, 1.165) is 17.8 Å². The van der Waals surface area contributed by atoms with E-state index in [1.807, 2.05) is 6.07 Å². The van der Waals surface area contributed by atoms with Gasteiger partial charge in [-0.15, -0.1) is 12.4 Å². The molecule has 0 N–H and O–H groups in total. The highest BCUT2D eigenvalue weighted by atomic mass is 35.5. The number of fused-ring (bicyclic) bond motifs is 5. The van der Waals surface area contributed by atoms with Crippen molar-refractivity contribution in [3.8, 4) is 0 Å².